The van der Waals surface area contributed by atoms with Crippen LogP contribution in [0.1, 0.15) is 27.2 Å². The van der Waals surface area contributed by atoms with Crippen molar-refractivity contribution in [3.8, 4) is 0 Å². The Bertz CT molecular complexity index is 443. The first-order valence-electron chi connectivity index (χ1n) is 5.70. The quantitative estimate of drug-likeness (QED) is 0.888. The Balaban J connectivity index is 2.62. The van der Waals surface area contributed by atoms with Crippen molar-refractivity contribution in [1.82, 2.24) is 0 Å². The number of hydrogen-bond donors (Lipinski definition) is 2. The number of anilines is 1. The molecule has 0 aliphatic heterocycles. The van der Waals surface area contributed by atoms with Crippen molar-refractivity contribution in [3.63, 3.8) is 0 Å². The third-order valence-corrected chi connectivity index (χ3v) is 3.03. The van der Waals surface area contributed by atoms with E-state index < -0.39 is 5.82 Å². The summed E-state index contributed by atoms with van der Waals surface area (Å²) in [4.78, 5) is 11.7. The Morgan fingerprint density at radius 3 is 2.61 bits per heavy atom. The fourth-order valence-corrected chi connectivity index (χ4v) is 1.41. The number of halogens is 2. The van der Waals surface area contributed by atoms with Crippen LogP contribution in [-0.2, 0) is 4.79 Å². The maximum atomic E-state index is 13.2. The Morgan fingerprint density at radius 2 is 2.11 bits per heavy atom. The molecule has 0 spiro atoms. The molecule has 3 nitrogen and oxygen atoms in total. The van der Waals surface area contributed by atoms with Gasteiger partial charge in [-0.25, -0.2) is 4.39 Å². The highest BCUT2D eigenvalue weighted by Crippen LogP contribution is 2.21. The second kappa shape index (κ2) is 5.67. The van der Waals surface area contributed by atoms with Crippen LogP contribution in [0.4, 0.5) is 10.1 Å². The van der Waals surface area contributed by atoms with Gasteiger partial charge in [0.25, 0.3) is 0 Å². The van der Waals surface area contributed by atoms with E-state index in [0.717, 1.165) is 0 Å². The van der Waals surface area contributed by atoms with Crippen molar-refractivity contribution in [2.75, 3.05) is 5.32 Å². The molecule has 0 fully saturated rings. The number of nitrogens with one attached hydrogen (secondary N) is 1. The lowest BCUT2D eigenvalue weighted by Crippen LogP contribution is -2.38. The zero-order chi connectivity index (χ0) is 13.9. The topological polar surface area (TPSA) is 55.1 Å². The fourth-order valence-electron chi connectivity index (χ4n) is 1.29. The number of amides is 1. The predicted octanol–water partition coefficient (Wildman–Crippen LogP) is 3.18. The van der Waals surface area contributed by atoms with Crippen LogP contribution in [0.2, 0.25) is 5.02 Å². The van der Waals surface area contributed by atoms with Gasteiger partial charge >= 0.3 is 0 Å². The van der Waals surface area contributed by atoms with Gasteiger partial charge in [-0.3, -0.25) is 4.79 Å². The molecule has 1 amide bonds. The SMILES string of the molecule is CC(C)(C)C(N)CC(=O)Nc1ccc(Cl)c(F)c1. The van der Waals surface area contributed by atoms with Gasteiger partial charge in [0.05, 0.1) is 5.02 Å². The Morgan fingerprint density at radius 1 is 1.50 bits per heavy atom. The molecule has 1 rings (SSSR count). The maximum Gasteiger partial charge on any atom is 0.225 e. The summed E-state index contributed by atoms with van der Waals surface area (Å²) >= 11 is 5.55. The van der Waals surface area contributed by atoms with E-state index in [1.807, 2.05) is 20.8 Å². The predicted molar refractivity (Wildman–Crippen MR) is 72.1 cm³/mol. The molecule has 0 saturated carbocycles. The minimum absolute atomic E-state index is 0.0272. The van der Waals surface area contributed by atoms with Gasteiger partial charge in [0.15, 0.2) is 0 Å². The van der Waals surface area contributed by atoms with Gasteiger partial charge < -0.3 is 11.1 Å². The van der Waals surface area contributed by atoms with Gasteiger partial charge in [-0.1, -0.05) is 32.4 Å². The van der Waals surface area contributed by atoms with Crippen molar-refractivity contribution in [2.24, 2.45) is 11.1 Å². The van der Waals surface area contributed by atoms with Crippen molar-refractivity contribution < 1.29 is 9.18 Å². The molecule has 0 aliphatic rings. The summed E-state index contributed by atoms with van der Waals surface area (Å²) in [7, 11) is 0. The molecule has 0 bridgehead atoms. The van der Waals surface area contributed by atoms with Gasteiger partial charge in [0, 0.05) is 18.2 Å². The third-order valence-electron chi connectivity index (χ3n) is 2.72. The van der Waals surface area contributed by atoms with E-state index in [1.54, 1.807) is 6.07 Å². The van der Waals surface area contributed by atoms with Crippen molar-refractivity contribution in [1.29, 1.82) is 0 Å². The van der Waals surface area contributed by atoms with Crippen LogP contribution in [0.15, 0.2) is 18.2 Å². The largest absolute Gasteiger partial charge is 0.327 e. The summed E-state index contributed by atoms with van der Waals surface area (Å²) < 4.78 is 13.2. The summed E-state index contributed by atoms with van der Waals surface area (Å²) in [6, 6.07) is 3.87. The average Bonchev–Trinajstić information content (AvgIpc) is 2.22. The molecule has 1 unspecified atom stereocenters. The van der Waals surface area contributed by atoms with Crippen LogP contribution in [0, 0.1) is 11.2 Å². The lowest BCUT2D eigenvalue weighted by molar-refractivity contribution is -0.117. The highest BCUT2D eigenvalue weighted by Gasteiger charge is 2.23. The van der Waals surface area contributed by atoms with Crippen molar-refractivity contribution >= 4 is 23.2 Å². The molecular weight excluding hydrogens is 255 g/mol. The van der Waals surface area contributed by atoms with Crippen LogP contribution >= 0.6 is 11.6 Å². The lowest BCUT2D eigenvalue weighted by Gasteiger charge is -2.26. The molecule has 100 valence electrons. The average molecular weight is 273 g/mol. The first-order valence-corrected chi connectivity index (χ1v) is 6.08. The van der Waals surface area contributed by atoms with Gasteiger partial charge in [0.2, 0.25) is 5.91 Å². The number of carbonyl (C=O) groups excluding carboxylic acids is 1. The molecule has 0 heterocycles. The Kier molecular flexibility index (Phi) is 4.71. The number of hydrogen-bond acceptors (Lipinski definition) is 2. The maximum absolute atomic E-state index is 13.2. The highest BCUT2D eigenvalue weighted by molar-refractivity contribution is 6.30. The number of nitrogens with two attached hydrogens (primary N) is 1. The smallest absolute Gasteiger partial charge is 0.225 e. The monoisotopic (exact) mass is 272 g/mol. The van der Waals surface area contributed by atoms with Crippen LogP contribution in [-0.4, -0.2) is 11.9 Å². The summed E-state index contributed by atoms with van der Waals surface area (Å²) in [5.74, 6) is -0.797. The van der Waals surface area contributed by atoms with E-state index in [2.05, 4.69) is 5.32 Å². The fraction of sp³-hybridized carbons (Fsp3) is 0.462. The van der Waals surface area contributed by atoms with Gasteiger partial charge in [-0.05, 0) is 23.6 Å². The number of benzene rings is 1. The van der Waals surface area contributed by atoms with Crippen LogP contribution < -0.4 is 11.1 Å². The lowest BCUT2D eigenvalue weighted by atomic mass is 9.85. The van der Waals surface area contributed by atoms with Crippen LogP contribution in [0.25, 0.3) is 0 Å². The zero-order valence-electron chi connectivity index (χ0n) is 10.8. The highest BCUT2D eigenvalue weighted by atomic mass is 35.5. The molecule has 1 aromatic carbocycles. The number of rotatable bonds is 3. The van der Waals surface area contributed by atoms with E-state index >= 15 is 0 Å². The molecular formula is C13H18ClFN2O. The molecule has 1 atom stereocenters. The Hall–Kier alpha value is -1.13. The van der Waals surface area contributed by atoms with E-state index in [0.29, 0.717) is 5.69 Å². The minimum atomic E-state index is -0.561. The molecule has 3 N–H and O–H groups in total. The third kappa shape index (κ3) is 4.27. The second-order valence-corrected chi connectivity index (χ2v) is 5.76. The molecule has 5 heteroatoms. The van der Waals surface area contributed by atoms with Gasteiger partial charge in [-0.2, -0.15) is 0 Å². The molecule has 0 aliphatic carbocycles. The van der Waals surface area contributed by atoms with Crippen LogP contribution in [0.5, 0.6) is 0 Å². The normalized spacial score (nSPS) is 13.2. The van der Waals surface area contributed by atoms with E-state index in [-0.39, 0.29) is 28.8 Å². The first kappa shape index (κ1) is 14.9. The summed E-state index contributed by atoms with van der Waals surface area (Å²) in [6.07, 6.45) is 0.188. The van der Waals surface area contributed by atoms with E-state index in [1.165, 1.54) is 12.1 Å². The van der Waals surface area contributed by atoms with Gasteiger partial charge in [0.1, 0.15) is 5.82 Å². The molecule has 0 radical (unpaired) electrons. The zero-order valence-corrected chi connectivity index (χ0v) is 11.5. The second-order valence-electron chi connectivity index (χ2n) is 5.35. The molecule has 0 saturated heterocycles. The minimum Gasteiger partial charge on any atom is -0.327 e. The van der Waals surface area contributed by atoms with E-state index in [9.17, 15) is 9.18 Å². The molecule has 0 aromatic heterocycles. The summed E-state index contributed by atoms with van der Waals surface area (Å²) in [5, 5.41) is 2.62. The summed E-state index contributed by atoms with van der Waals surface area (Å²) in [6.45, 7) is 5.90. The molecule has 18 heavy (non-hydrogen) atoms. The number of carbonyl (C=O) groups is 1. The van der Waals surface area contributed by atoms with Crippen LogP contribution in [0.3, 0.4) is 0 Å². The van der Waals surface area contributed by atoms with Crippen molar-refractivity contribution in [3.05, 3.63) is 29.0 Å². The standard InChI is InChI=1S/C13H18ClFN2O/c1-13(2,3)11(16)7-12(18)17-8-4-5-9(14)10(15)6-8/h4-6,11H,7,16H2,1-3H3,(H,17,18). The van der Waals surface area contributed by atoms with Crippen molar-refractivity contribution in [2.45, 2.75) is 33.2 Å². The summed E-state index contributed by atoms with van der Waals surface area (Å²) in [5.41, 5.74) is 6.13. The first-order chi connectivity index (χ1) is 8.20. The van der Waals surface area contributed by atoms with Gasteiger partial charge in [-0.15, -0.1) is 0 Å². The Labute approximate surface area is 112 Å². The molecule has 1 aromatic rings. The van der Waals surface area contributed by atoms with E-state index in [4.69, 9.17) is 17.3 Å².